The van der Waals surface area contributed by atoms with Crippen LogP contribution in [0.25, 0.3) is 0 Å². The summed E-state index contributed by atoms with van der Waals surface area (Å²) in [6, 6.07) is -0.488. The van der Waals surface area contributed by atoms with Crippen LogP contribution in [0, 0.1) is 0 Å². The predicted octanol–water partition coefficient (Wildman–Crippen LogP) is 4.31. The van der Waals surface area contributed by atoms with Crippen LogP contribution in [0.5, 0.6) is 0 Å². The molecular formula is C13H16ClF6NO. The molecule has 0 aliphatic rings. The molecule has 0 bridgehead atoms. The zero-order valence-corrected chi connectivity index (χ0v) is 12.3. The van der Waals surface area contributed by atoms with Gasteiger partial charge < -0.3 is 10.8 Å². The Balaban J connectivity index is 0.00000441. The lowest BCUT2D eigenvalue weighted by Crippen LogP contribution is -2.29. The molecule has 0 aliphatic heterocycles. The van der Waals surface area contributed by atoms with Crippen molar-refractivity contribution in [3.63, 3.8) is 0 Å². The van der Waals surface area contributed by atoms with Crippen molar-refractivity contribution in [1.29, 1.82) is 0 Å². The van der Waals surface area contributed by atoms with E-state index in [0.29, 0.717) is 24.6 Å². The fraction of sp³-hybridized carbons (Fsp3) is 0.538. The molecule has 3 N–H and O–H groups in total. The van der Waals surface area contributed by atoms with E-state index in [9.17, 15) is 31.4 Å². The first kappa shape index (κ1) is 21.0. The molecule has 128 valence electrons. The highest BCUT2D eigenvalue weighted by Gasteiger charge is 2.39. The normalized spacial score (nSPS) is 15.1. The smallest absolute Gasteiger partial charge is 0.391 e. The van der Waals surface area contributed by atoms with Gasteiger partial charge in [-0.2, -0.15) is 26.3 Å². The van der Waals surface area contributed by atoms with Crippen molar-refractivity contribution in [2.75, 3.05) is 0 Å². The van der Waals surface area contributed by atoms with Gasteiger partial charge in [0, 0.05) is 0 Å². The summed E-state index contributed by atoms with van der Waals surface area (Å²) >= 11 is 0. The monoisotopic (exact) mass is 351 g/mol. The summed E-state index contributed by atoms with van der Waals surface area (Å²) < 4.78 is 76.5. The number of aliphatic hydroxyl groups excluding tert-OH is 1. The van der Waals surface area contributed by atoms with Crippen LogP contribution in [0.4, 0.5) is 26.3 Å². The fourth-order valence-corrected chi connectivity index (χ4v) is 1.96. The molecule has 0 saturated carbocycles. The second-order valence-corrected chi connectivity index (χ2v) is 4.68. The van der Waals surface area contributed by atoms with E-state index < -0.39 is 41.2 Å². The van der Waals surface area contributed by atoms with E-state index in [0.717, 1.165) is 0 Å². The first-order valence-electron chi connectivity index (χ1n) is 6.20. The molecule has 0 radical (unpaired) electrons. The Morgan fingerprint density at radius 2 is 1.64 bits per heavy atom. The third kappa shape index (κ3) is 5.03. The topological polar surface area (TPSA) is 46.2 Å². The summed E-state index contributed by atoms with van der Waals surface area (Å²) in [4.78, 5) is 0. The number of nitrogens with two attached hydrogens (primary N) is 1. The van der Waals surface area contributed by atoms with Gasteiger partial charge in [-0.05, 0) is 30.2 Å². The van der Waals surface area contributed by atoms with Crippen LogP contribution in [0.2, 0.25) is 0 Å². The van der Waals surface area contributed by atoms with Gasteiger partial charge in [0.05, 0.1) is 23.3 Å². The van der Waals surface area contributed by atoms with E-state index in [4.69, 9.17) is 5.73 Å². The van der Waals surface area contributed by atoms with Crippen molar-refractivity contribution >= 4 is 12.4 Å². The van der Waals surface area contributed by atoms with E-state index in [2.05, 4.69) is 0 Å². The number of aliphatic hydroxyl groups is 1. The largest absolute Gasteiger partial charge is 0.416 e. The Morgan fingerprint density at radius 3 is 2.05 bits per heavy atom. The van der Waals surface area contributed by atoms with E-state index in [1.807, 2.05) is 0 Å². The molecule has 0 heterocycles. The Labute approximate surface area is 129 Å². The number of benzene rings is 1. The highest BCUT2D eigenvalue weighted by Crippen LogP contribution is 2.39. The molecule has 0 unspecified atom stereocenters. The van der Waals surface area contributed by atoms with Crippen LogP contribution in [-0.4, -0.2) is 11.2 Å². The van der Waals surface area contributed by atoms with Crippen LogP contribution >= 0.6 is 12.4 Å². The van der Waals surface area contributed by atoms with Gasteiger partial charge in [0.1, 0.15) is 0 Å². The van der Waals surface area contributed by atoms with E-state index in [1.54, 1.807) is 6.92 Å². The summed E-state index contributed by atoms with van der Waals surface area (Å²) in [5.74, 6) is 0. The van der Waals surface area contributed by atoms with Gasteiger partial charge in [-0.1, -0.05) is 13.3 Å². The van der Waals surface area contributed by atoms with Crippen molar-refractivity contribution in [3.8, 4) is 0 Å². The third-order valence-corrected chi connectivity index (χ3v) is 3.04. The van der Waals surface area contributed by atoms with Gasteiger partial charge >= 0.3 is 12.4 Å². The summed E-state index contributed by atoms with van der Waals surface area (Å²) in [5.41, 5.74) is 2.27. The molecule has 1 rings (SSSR count). The SMILES string of the molecule is CCC[C@H](O)[C@H](N)c1cc(C(F)(F)F)ccc1C(F)(F)F.Cl. The number of hydrogen-bond donors (Lipinski definition) is 2. The second-order valence-electron chi connectivity index (χ2n) is 4.68. The highest BCUT2D eigenvalue weighted by molar-refractivity contribution is 5.85. The van der Waals surface area contributed by atoms with Crippen LogP contribution in [-0.2, 0) is 12.4 Å². The molecule has 0 aromatic heterocycles. The number of rotatable bonds is 4. The Morgan fingerprint density at radius 1 is 1.09 bits per heavy atom. The Bertz CT molecular complexity index is 488. The summed E-state index contributed by atoms with van der Waals surface area (Å²) in [5, 5.41) is 9.68. The quantitative estimate of drug-likeness (QED) is 0.794. The molecule has 1 aromatic carbocycles. The lowest BCUT2D eigenvalue weighted by Gasteiger charge is -2.23. The standard InChI is InChI=1S/C13H15F6NO.ClH/c1-2-3-10(21)11(20)8-6-7(12(14,15)16)4-5-9(8)13(17,18)19;/h4-6,10-11,21H,2-3,20H2,1H3;1H/t10-,11+;/m0./s1. The molecule has 0 aliphatic carbocycles. The average molecular weight is 352 g/mol. The van der Waals surface area contributed by atoms with Gasteiger partial charge in [0.15, 0.2) is 0 Å². The maximum absolute atomic E-state index is 12.9. The van der Waals surface area contributed by atoms with Gasteiger partial charge in [-0.3, -0.25) is 0 Å². The molecule has 0 saturated heterocycles. The van der Waals surface area contributed by atoms with Crippen LogP contribution < -0.4 is 5.73 Å². The zero-order valence-electron chi connectivity index (χ0n) is 11.5. The van der Waals surface area contributed by atoms with E-state index >= 15 is 0 Å². The second kappa shape index (κ2) is 7.52. The summed E-state index contributed by atoms with van der Waals surface area (Å²) in [6.45, 7) is 1.67. The van der Waals surface area contributed by atoms with Crippen molar-refractivity contribution in [3.05, 3.63) is 34.9 Å². The van der Waals surface area contributed by atoms with Gasteiger partial charge in [0.2, 0.25) is 0 Å². The minimum Gasteiger partial charge on any atom is -0.391 e. The third-order valence-electron chi connectivity index (χ3n) is 3.04. The molecule has 2 nitrogen and oxygen atoms in total. The van der Waals surface area contributed by atoms with Crippen molar-refractivity contribution in [2.24, 2.45) is 5.73 Å². The first-order valence-corrected chi connectivity index (χ1v) is 6.20. The Hall–Kier alpha value is -0.990. The van der Waals surface area contributed by atoms with Crippen molar-refractivity contribution < 1.29 is 31.4 Å². The van der Waals surface area contributed by atoms with Gasteiger partial charge in [-0.15, -0.1) is 12.4 Å². The summed E-state index contributed by atoms with van der Waals surface area (Å²) in [7, 11) is 0. The number of alkyl halides is 6. The van der Waals surface area contributed by atoms with Crippen LogP contribution in [0.1, 0.15) is 42.5 Å². The molecule has 2 atom stereocenters. The van der Waals surface area contributed by atoms with Crippen LogP contribution in [0.15, 0.2) is 18.2 Å². The van der Waals surface area contributed by atoms with Crippen LogP contribution in [0.3, 0.4) is 0 Å². The predicted molar refractivity (Wildman–Crippen MR) is 71.5 cm³/mol. The molecular weight excluding hydrogens is 336 g/mol. The summed E-state index contributed by atoms with van der Waals surface area (Å²) in [6.07, 6.45) is -10.4. The first-order chi connectivity index (χ1) is 9.48. The highest BCUT2D eigenvalue weighted by atomic mass is 35.5. The average Bonchev–Trinajstić information content (AvgIpc) is 2.35. The lowest BCUT2D eigenvalue weighted by molar-refractivity contribution is -0.142. The maximum atomic E-state index is 12.9. The minimum absolute atomic E-state index is 0. The fourth-order valence-electron chi connectivity index (χ4n) is 1.96. The Kier molecular flexibility index (Phi) is 7.18. The molecule has 9 heteroatoms. The van der Waals surface area contributed by atoms with Crippen molar-refractivity contribution in [2.45, 2.75) is 44.3 Å². The van der Waals surface area contributed by atoms with Gasteiger partial charge in [0.25, 0.3) is 0 Å². The minimum atomic E-state index is -4.84. The number of halogens is 7. The molecule has 0 spiro atoms. The molecule has 0 amide bonds. The van der Waals surface area contributed by atoms with Gasteiger partial charge in [-0.25, -0.2) is 0 Å². The van der Waals surface area contributed by atoms with E-state index in [1.165, 1.54) is 0 Å². The molecule has 0 fully saturated rings. The molecule has 22 heavy (non-hydrogen) atoms. The molecule has 1 aromatic rings. The van der Waals surface area contributed by atoms with E-state index in [-0.39, 0.29) is 18.8 Å². The zero-order chi connectivity index (χ0) is 16.4. The lowest BCUT2D eigenvalue weighted by atomic mass is 9.92. The number of hydrogen-bond acceptors (Lipinski definition) is 2. The maximum Gasteiger partial charge on any atom is 0.416 e. The van der Waals surface area contributed by atoms with Crippen molar-refractivity contribution in [1.82, 2.24) is 0 Å².